The molecule has 1 aliphatic heterocycles. The molecule has 0 saturated carbocycles. The summed E-state index contributed by atoms with van der Waals surface area (Å²) in [6.07, 6.45) is 1.22. The molecular weight excluding hydrogens is 134 g/mol. The van der Waals surface area contributed by atoms with Crippen molar-refractivity contribution in [1.29, 1.82) is 10.8 Å². The van der Waals surface area contributed by atoms with Crippen molar-refractivity contribution in [2.24, 2.45) is 0 Å². The third-order valence-electron chi connectivity index (χ3n) is 1.22. The monoisotopic (exact) mass is 143 g/mol. The van der Waals surface area contributed by atoms with E-state index in [-0.39, 0.29) is 0 Å². The lowest BCUT2D eigenvalue weighted by Gasteiger charge is -2.23. The second-order valence-corrected chi connectivity index (χ2v) is 2.93. The Morgan fingerprint density at radius 3 is 2.89 bits per heavy atom. The van der Waals surface area contributed by atoms with E-state index in [0.717, 1.165) is 18.1 Å². The molecule has 0 spiro atoms. The highest BCUT2D eigenvalue weighted by Gasteiger charge is 2.11. The van der Waals surface area contributed by atoms with Gasteiger partial charge in [0.1, 0.15) is 5.84 Å². The molecule has 1 fully saturated rings. The van der Waals surface area contributed by atoms with Gasteiger partial charge in [-0.15, -0.1) is 0 Å². The van der Waals surface area contributed by atoms with Crippen LogP contribution in [-0.2, 0) is 0 Å². The first kappa shape index (κ1) is 6.61. The van der Waals surface area contributed by atoms with Gasteiger partial charge in [0.15, 0.2) is 0 Å². The van der Waals surface area contributed by atoms with Gasteiger partial charge >= 0.3 is 0 Å². The van der Waals surface area contributed by atoms with Crippen molar-refractivity contribution >= 4 is 23.9 Å². The molecule has 0 bridgehead atoms. The molecule has 3 nitrogen and oxygen atoms in total. The summed E-state index contributed by atoms with van der Waals surface area (Å²) < 4.78 is 0. The highest BCUT2D eigenvalue weighted by atomic mass is 32.2. The largest absolute Gasteiger partial charge is 0.320 e. The predicted octanol–water partition coefficient (Wildman–Crippen LogP) is 0.620. The molecule has 1 aliphatic rings. The smallest absolute Gasteiger partial charge is 0.111 e. The molecule has 2 N–H and O–H groups in total. The van der Waals surface area contributed by atoms with Crippen LogP contribution in [0.25, 0.3) is 0 Å². The number of hydrogen-bond donors (Lipinski definition) is 2. The van der Waals surface area contributed by atoms with Crippen LogP contribution in [0.15, 0.2) is 0 Å². The van der Waals surface area contributed by atoms with Gasteiger partial charge in [-0.3, -0.25) is 10.8 Å². The average molecular weight is 143 g/mol. The molecular formula is C5H9N3S. The summed E-state index contributed by atoms with van der Waals surface area (Å²) >= 11 is 1.75. The van der Waals surface area contributed by atoms with E-state index >= 15 is 0 Å². The van der Waals surface area contributed by atoms with Crippen molar-refractivity contribution in [3.8, 4) is 0 Å². The summed E-state index contributed by atoms with van der Waals surface area (Å²) in [5.41, 5.74) is 0. The van der Waals surface area contributed by atoms with Crippen LogP contribution < -0.4 is 0 Å². The van der Waals surface area contributed by atoms with Crippen molar-refractivity contribution in [2.45, 2.75) is 0 Å². The van der Waals surface area contributed by atoms with Crippen molar-refractivity contribution in [3.05, 3.63) is 0 Å². The Kier molecular flexibility index (Phi) is 2.10. The van der Waals surface area contributed by atoms with Gasteiger partial charge in [0.05, 0.1) is 12.1 Å². The first-order chi connectivity index (χ1) is 4.34. The lowest BCUT2D eigenvalue weighted by atomic mass is 10.5. The topological polar surface area (TPSA) is 50.9 Å². The van der Waals surface area contributed by atoms with Crippen LogP contribution in [0.5, 0.6) is 0 Å². The van der Waals surface area contributed by atoms with Gasteiger partial charge in [0.2, 0.25) is 0 Å². The van der Waals surface area contributed by atoms with Crippen molar-refractivity contribution in [3.63, 3.8) is 0 Å². The maximum Gasteiger partial charge on any atom is 0.111 e. The number of thioether (sulfide) groups is 1. The summed E-state index contributed by atoms with van der Waals surface area (Å²) in [7, 11) is 0. The van der Waals surface area contributed by atoms with E-state index in [2.05, 4.69) is 0 Å². The van der Waals surface area contributed by atoms with E-state index in [1.807, 2.05) is 0 Å². The maximum atomic E-state index is 7.30. The van der Waals surface area contributed by atoms with E-state index in [1.54, 1.807) is 16.7 Å². The molecule has 1 saturated heterocycles. The highest BCUT2D eigenvalue weighted by molar-refractivity contribution is 8.00. The van der Waals surface area contributed by atoms with Crippen molar-refractivity contribution < 1.29 is 0 Å². The fourth-order valence-corrected chi connectivity index (χ4v) is 1.52. The zero-order chi connectivity index (χ0) is 6.69. The first-order valence-electron chi connectivity index (χ1n) is 2.77. The maximum absolute atomic E-state index is 7.30. The van der Waals surface area contributed by atoms with Gasteiger partial charge in [-0.05, 0) is 0 Å². The van der Waals surface area contributed by atoms with E-state index < -0.39 is 0 Å². The lowest BCUT2D eigenvalue weighted by molar-refractivity contribution is 0.648. The molecule has 0 aliphatic carbocycles. The van der Waals surface area contributed by atoms with E-state index in [9.17, 15) is 0 Å². The Balaban J connectivity index is 2.48. The molecule has 0 radical (unpaired) electrons. The Hall–Kier alpha value is -0.510. The summed E-state index contributed by atoms with van der Waals surface area (Å²) in [4.78, 5) is 1.66. The quantitative estimate of drug-likeness (QED) is 0.417. The summed E-state index contributed by atoms with van der Waals surface area (Å²) in [6, 6.07) is 0. The van der Waals surface area contributed by atoms with E-state index in [0.29, 0.717) is 5.84 Å². The van der Waals surface area contributed by atoms with Gasteiger partial charge in [0, 0.05) is 12.3 Å². The molecule has 4 heteroatoms. The molecule has 0 amide bonds. The fraction of sp³-hybridized carbons (Fsp3) is 0.600. The van der Waals surface area contributed by atoms with Gasteiger partial charge in [-0.1, -0.05) is 0 Å². The van der Waals surface area contributed by atoms with E-state index in [1.165, 1.54) is 6.34 Å². The van der Waals surface area contributed by atoms with Crippen molar-refractivity contribution in [2.75, 3.05) is 18.1 Å². The molecule has 0 aromatic rings. The Labute approximate surface area is 58.4 Å². The summed E-state index contributed by atoms with van der Waals surface area (Å²) in [5, 5.41) is 14.2. The van der Waals surface area contributed by atoms with Gasteiger partial charge in [-0.25, -0.2) is 0 Å². The van der Waals surface area contributed by atoms with Crippen LogP contribution >= 0.6 is 11.8 Å². The Morgan fingerprint density at radius 2 is 2.44 bits per heavy atom. The van der Waals surface area contributed by atoms with Crippen LogP contribution in [0.4, 0.5) is 0 Å². The zero-order valence-corrected chi connectivity index (χ0v) is 5.87. The normalized spacial score (nSPS) is 20.0. The minimum Gasteiger partial charge on any atom is -0.320 e. The van der Waals surface area contributed by atoms with Crippen LogP contribution in [0.1, 0.15) is 0 Å². The predicted molar refractivity (Wildman–Crippen MR) is 40.5 cm³/mol. The van der Waals surface area contributed by atoms with Crippen molar-refractivity contribution in [1.82, 2.24) is 4.90 Å². The molecule has 1 rings (SSSR count). The summed E-state index contributed by atoms with van der Waals surface area (Å²) in [5.74, 6) is 2.36. The van der Waals surface area contributed by atoms with Gasteiger partial charge in [-0.2, -0.15) is 11.8 Å². The second-order valence-electron chi connectivity index (χ2n) is 1.82. The van der Waals surface area contributed by atoms with Gasteiger partial charge in [0.25, 0.3) is 0 Å². The number of amidine groups is 1. The first-order valence-corrected chi connectivity index (χ1v) is 3.92. The molecule has 9 heavy (non-hydrogen) atoms. The molecule has 0 aromatic carbocycles. The number of hydrogen-bond acceptors (Lipinski definition) is 3. The van der Waals surface area contributed by atoms with Gasteiger partial charge < -0.3 is 4.90 Å². The zero-order valence-electron chi connectivity index (χ0n) is 5.05. The highest BCUT2D eigenvalue weighted by Crippen LogP contribution is 2.08. The third kappa shape index (κ3) is 1.45. The summed E-state index contributed by atoms with van der Waals surface area (Å²) in [6.45, 7) is 0.826. The number of nitrogens with zero attached hydrogens (tertiary/aromatic N) is 1. The second kappa shape index (κ2) is 2.87. The number of nitrogens with one attached hydrogen (secondary N) is 2. The minimum atomic E-state index is 0.557. The molecule has 0 atom stereocenters. The fourth-order valence-electron chi connectivity index (χ4n) is 0.692. The van der Waals surface area contributed by atoms with Crippen LogP contribution in [0.2, 0.25) is 0 Å². The van der Waals surface area contributed by atoms with Crippen LogP contribution in [-0.4, -0.2) is 35.1 Å². The molecule has 50 valence electrons. The molecule has 0 unspecified atom stereocenters. The third-order valence-corrected chi connectivity index (χ3v) is 2.17. The van der Waals surface area contributed by atoms with E-state index in [4.69, 9.17) is 10.8 Å². The average Bonchev–Trinajstić information content (AvgIpc) is 1.89. The Morgan fingerprint density at radius 1 is 1.67 bits per heavy atom. The van der Waals surface area contributed by atoms with Crippen LogP contribution in [0, 0.1) is 10.8 Å². The lowest BCUT2D eigenvalue weighted by Crippen LogP contribution is -2.36. The molecule has 1 heterocycles. The standard InChI is InChI=1S/C5H9N3S/c6-4-8-1-2-9-3-5(8)7/h4,6-7H,1-3H2. The molecule has 0 aromatic heterocycles. The SMILES string of the molecule is N=CN1CCSCC1=N. The Bertz CT molecular complexity index is 134. The minimum absolute atomic E-state index is 0.557. The van der Waals surface area contributed by atoms with Crippen LogP contribution in [0.3, 0.4) is 0 Å². The number of rotatable bonds is 1.